The third kappa shape index (κ3) is 12.8. The van der Waals surface area contributed by atoms with E-state index in [1.54, 1.807) is 0 Å². The molecule has 1 unspecified atom stereocenters. The molecule has 6 heteroatoms. The predicted molar refractivity (Wildman–Crippen MR) is 75.4 cm³/mol. The number of carboxylic acid groups (broad SMARTS) is 2. The van der Waals surface area contributed by atoms with Gasteiger partial charge in [-0.15, -0.1) is 0 Å². The lowest BCUT2D eigenvalue weighted by Crippen LogP contribution is -2.04. The van der Waals surface area contributed by atoms with E-state index in [0.29, 0.717) is 19.3 Å². The largest absolute Gasteiger partial charge is 0.478 e. The molecule has 0 radical (unpaired) electrons. The second-order valence-electron chi connectivity index (χ2n) is 4.19. The fraction of sp³-hybridized carbons (Fsp3) is 0.571. The molecule has 0 saturated heterocycles. The van der Waals surface area contributed by atoms with Crippen LogP contribution in [0.2, 0.25) is 0 Å². The molecule has 0 aromatic heterocycles. The van der Waals surface area contributed by atoms with Crippen molar-refractivity contribution in [2.24, 2.45) is 0 Å². The topological polar surface area (TPSA) is 115 Å². The number of carbonyl (C=O) groups is 2. The third-order valence-electron chi connectivity index (χ3n) is 2.42. The number of hydrogen-bond acceptors (Lipinski definition) is 4. The molecule has 0 aliphatic rings. The molecule has 1 atom stereocenters. The van der Waals surface area contributed by atoms with Crippen molar-refractivity contribution in [2.45, 2.75) is 46.1 Å². The summed E-state index contributed by atoms with van der Waals surface area (Å²) in [6, 6.07) is 0. The Labute approximate surface area is 119 Å². The number of aliphatic hydroxyl groups is 2. The van der Waals surface area contributed by atoms with E-state index >= 15 is 0 Å². The van der Waals surface area contributed by atoms with Crippen LogP contribution in [0.5, 0.6) is 0 Å². The van der Waals surface area contributed by atoms with Crippen molar-refractivity contribution >= 4 is 11.9 Å². The Morgan fingerprint density at radius 1 is 1.05 bits per heavy atom. The van der Waals surface area contributed by atoms with Gasteiger partial charge in [-0.25, -0.2) is 9.59 Å². The molecular formula is C14H24O6. The molecule has 6 nitrogen and oxygen atoms in total. The van der Waals surface area contributed by atoms with Crippen molar-refractivity contribution in [3.8, 4) is 0 Å². The van der Waals surface area contributed by atoms with Gasteiger partial charge in [0.1, 0.15) is 0 Å². The van der Waals surface area contributed by atoms with Gasteiger partial charge in [0.15, 0.2) is 0 Å². The van der Waals surface area contributed by atoms with Gasteiger partial charge in [0.25, 0.3) is 0 Å². The zero-order valence-electron chi connectivity index (χ0n) is 12.2. The van der Waals surface area contributed by atoms with Gasteiger partial charge in [0.05, 0.1) is 6.10 Å². The van der Waals surface area contributed by atoms with Gasteiger partial charge in [0.2, 0.25) is 0 Å². The Balaban J connectivity index is 0. The van der Waals surface area contributed by atoms with E-state index in [1.165, 1.54) is 26.0 Å². The summed E-state index contributed by atoms with van der Waals surface area (Å²) in [7, 11) is 0. The van der Waals surface area contributed by atoms with E-state index < -0.39 is 18.0 Å². The molecule has 0 aliphatic heterocycles. The molecule has 0 aromatic rings. The highest BCUT2D eigenvalue weighted by Gasteiger charge is 2.01. The van der Waals surface area contributed by atoms with Crippen molar-refractivity contribution in [1.82, 2.24) is 0 Å². The lowest BCUT2D eigenvalue weighted by molar-refractivity contribution is -0.133. The predicted octanol–water partition coefficient (Wildman–Crippen LogP) is 1.58. The first-order valence-corrected chi connectivity index (χ1v) is 6.35. The van der Waals surface area contributed by atoms with E-state index in [2.05, 4.69) is 0 Å². The molecule has 0 aliphatic carbocycles. The molecule has 0 saturated carbocycles. The van der Waals surface area contributed by atoms with Gasteiger partial charge < -0.3 is 20.4 Å². The number of rotatable bonds is 7. The van der Waals surface area contributed by atoms with Crippen LogP contribution in [0, 0.1) is 0 Å². The average Bonchev–Trinajstić information content (AvgIpc) is 2.41. The van der Waals surface area contributed by atoms with Gasteiger partial charge in [-0.05, 0) is 33.1 Å². The van der Waals surface area contributed by atoms with Gasteiger partial charge in [0, 0.05) is 17.8 Å². The molecule has 20 heavy (non-hydrogen) atoms. The van der Waals surface area contributed by atoms with Gasteiger partial charge in [-0.3, -0.25) is 0 Å². The maximum Gasteiger partial charge on any atom is 0.330 e. The number of carboxylic acids is 2. The van der Waals surface area contributed by atoms with Crippen molar-refractivity contribution in [1.29, 1.82) is 0 Å². The average molecular weight is 288 g/mol. The Morgan fingerprint density at radius 2 is 1.50 bits per heavy atom. The van der Waals surface area contributed by atoms with Gasteiger partial charge in [-0.1, -0.05) is 19.1 Å². The lowest BCUT2D eigenvalue weighted by Gasteiger charge is -2.02. The van der Waals surface area contributed by atoms with Gasteiger partial charge in [-0.2, -0.15) is 0 Å². The van der Waals surface area contributed by atoms with Crippen molar-refractivity contribution in [3.63, 3.8) is 0 Å². The highest BCUT2D eigenvalue weighted by molar-refractivity contribution is 5.86. The Morgan fingerprint density at radius 3 is 1.85 bits per heavy atom. The third-order valence-corrected chi connectivity index (χ3v) is 2.42. The molecule has 0 aromatic carbocycles. The Bertz CT molecular complexity index is 357. The zero-order chi connectivity index (χ0) is 16.1. The molecule has 0 amide bonds. The minimum absolute atomic E-state index is 0.00458. The highest BCUT2D eigenvalue weighted by atomic mass is 16.4. The molecule has 4 N–H and O–H groups in total. The van der Waals surface area contributed by atoms with Crippen LogP contribution < -0.4 is 0 Å². The highest BCUT2D eigenvalue weighted by Crippen LogP contribution is 2.01. The normalized spacial score (nSPS) is 13.2. The van der Waals surface area contributed by atoms with Crippen LogP contribution in [0.25, 0.3) is 0 Å². The van der Waals surface area contributed by atoms with Crippen LogP contribution in [0.4, 0.5) is 0 Å². The second kappa shape index (κ2) is 12.4. The van der Waals surface area contributed by atoms with E-state index in [0.717, 1.165) is 0 Å². The van der Waals surface area contributed by atoms with E-state index in [1.807, 2.05) is 6.92 Å². The van der Waals surface area contributed by atoms with Crippen LogP contribution >= 0.6 is 0 Å². The first-order valence-electron chi connectivity index (χ1n) is 6.35. The molecule has 0 heterocycles. The van der Waals surface area contributed by atoms with E-state index in [-0.39, 0.29) is 17.8 Å². The van der Waals surface area contributed by atoms with Crippen molar-refractivity contribution in [3.05, 3.63) is 23.3 Å². The lowest BCUT2D eigenvalue weighted by atomic mass is 10.1. The van der Waals surface area contributed by atoms with Crippen LogP contribution in [0.15, 0.2) is 23.3 Å². The van der Waals surface area contributed by atoms with Crippen molar-refractivity contribution < 1.29 is 30.0 Å². The van der Waals surface area contributed by atoms with E-state index in [9.17, 15) is 9.59 Å². The first-order chi connectivity index (χ1) is 9.26. The number of hydrogen-bond donors (Lipinski definition) is 4. The summed E-state index contributed by atoms with van der Waals surface area (Å²) < 4.78 is 0. The second-order valence-corrected chi connectivity index (χ2v) is 4.19. The summed E-state index contributed by atoms with van der Waals surface area (Å²) >= 11 is 0. The molecule has 0 spiro atoms. The number of aliphatic hydroxyl groups excluding tert-OH is 2. The van der Waals surface area contributed by atoms with Crippen LogP contribution in [-0.4, -0.2) is 45.1 Å². The summed E-state index contributed by atoms with van der Waals surface area (Å²) in [5, 5.41) is 34.0. The minimum atomic E-state index is -0.927. The molecule has 116 valence electrons. The fourth-order valence-corrected chi connectivity index (χ4v) is 0.935. The number of aliphatic carboxylic acids is 2. The summed E-state index contributed by atoms with van der Waals surface area (Å²) in [6.07, 6.45) is 4.11. The summed E-state index contributed by atoms with van der Waals surface area (Å²) in [4.78, 5) is 20.3. The van der Waals surface area contributed by atoms with Gasteiger partial charge >= 0.3 is 11.9 Å². The van der Waals surface area contributed by atoms with E-state index in [4.69, 9.17) is 20.4 Å². The summed E-state index contributed by atoms with van der Waals surface area (Å²) in [5.41, 5.74) is 0.571. The minimum Gasteiger partial charge on any atom is -0.478 e. The van der Waals surface area contributed by atoms with Crippen molar-refractivity contribution in [2.75, 3.05) is 6.61 Å². The smallest absolute Gasteiger partial charge is 0.330 e. The maximum absolute atomic E-state index is 10.3. The quantitative estimate of drug-likeness (QED) is 0.529. The standard InChI is InChI=1S/C8H14O3.C6H10O3/c1-3-7(9)5-4-6(2)8(10)11;1-5(6(8)9)3-2-4-7/h4,7,9H,3,5H2,1-2H3,(H,10,11);3,7H,2,4H2,1H3,(H,8,9)/b6-4+;5-3+. The van der Waals surface area contributed by atoms with Crippen LogP contribution in [-0.2, 0) is 9.59 Å². The van der Waals surface area contributed by atoms with Crippen LogP contribution in [0.1, 0.15) is 40.0 Å². The first kappa shape index (κ1) is 20.7. The fourth-order valence-electron chi connectivity index (χ4n) is 0.935. The summed E-state index contributed by atoms with van der Waals surface area (Å²) in [6.45, 7) is 4.88. The summed E-state index contributed by atoms with van der Waals surface area (Å²) in [5.74, 6) is -1.85. The van der Waals surface area contributed by atoms with Crippen LogP contribution in [0.3, 0.4) is 0 Å². The molecule has 0 fully saturated rings. The monoisotopic (exact) mass is 288 g/mol. The zero-order valence-corrected chi connectivity index (χ0v) is 12.2. The Kier molecular flexibility index (Phi) is 12.8. The maximum atomic E-state index is 10.3. The SMILES string of the molecule is C/C(=C\CCO)C(=O)O.CCC(O)C/C=C(\C)C(=O)O. The molecule has 0 rings (SSSR count). The molecular weight excluding hydrogens is 264 g/mol. The Hall–Kier alpha value is -1.66. The molecule has 0 bridgehead atoms.